The van der Waals surface area contributed by atoms with Crippen LogP contribution in [0, 0.1) is 5.92 Å². The quantitative estimate of drug-likeness (QED) is 0.643. The van der Waals surface area contributed by atoms with Gasteiger partial charge in [0.1, 0.15) is 0 Å². The van der Waals surface area contributed by atoms with E-state index in [0.29, 0.717) is 13.1 Å². The van der Waals surface area contributed by atoms with Crippen LogP contribution in [0.4, 0.5) is 18.9 Å². The van der Waals surface area contributed by atoms with Gasteiger partial charge in [-0.15, -0.1) is 0 Å². The Bertz CT molecular complexity index is 916. The Hall–Kier alpha value is -2.98. The number of pyridine rings is 1. The topological polar surface area (TPSA) is 85.8 Å². The number of carboxylic acid groups (broad SMARTS) is 1. The van der Waals surface area contributed by atoms with Crippen LogP contribution in [0.3, 0.4) is 0 Å². The highest BCUT2D eigenvalue weighted by molar-refractivity contribution is 5.93. The monoisotopic (exact) mass is 450 g/mol. The van der Waals surface area contributed by atoms with E-state index in [1.54, 1.807) is 6.20 Å². The van der Waals surface area contributed by atoms with Crippen LogP contribution < -0.4 is 5.32 Å². The lowest BCUT2D eigenvalue weighted by molar-refractivity contribution is -0.144. The van der Waals surface area contributed by atoms with Gasteiger partial charge < -0.3 is 10.4 Å². The summed E-state index contributed by atoms with van der Waals surface area (Å²) in [4.78, 5) is 32.5. The first-order valence-electron chi connectivity index (χ1n) is 10.3. The SMILES string of the molecule is O=C(C[C@H](CN1CCN(Cc2ccccn2)CC1)C(=O)O)Nc1cccc(C(F)(F)F)c1. The van der Waals surface area contributed by atoms with E-state index < -0.39 is 29.5 Å². The second-order valence-corrected chi connectivity index (χ2v) is 7.76. The van der Waals surface area contributed by atoms with Crippen LogP contribution in [0.5, 0.6) is 0 Å². The van der Waals surface area contributed by atoms with Crippen molar-refractivity contribution in [2.24, 2.45) is 5.92 Å². The number of aromatic nitrogens is 1. The third-order valence-electron chi connectivity index (χ3n) is 5.31. The molecule has 1 saturated heterocycles. The van der Waals surface area contributed by atoms with Gasteiger partial charge in [-0.3, -0.25) is 24.4 Å². The average Bonchev–Trinajstić information content (AvgIpc) is 2.75. The number of carbonyl (C=O) groups is 2. The molecule has 2 N–H and O–H groups in total. The molecule has 1 aromatic heterocycles. The molecule has 0 bridgehead atoms. The molecular formula is C22H25F3N4O3. The van der Waals surface area contributed by atoms with Gasteiger partial charge in [-0.25, -0.2) is 0 Å². The van der Waals surface area contributed by atoms with Crippen molar-refractivity contribution < 1.29 is 27.9 Å². The number of nitrogens with zero attached hydrogens (tertiary/aromatic N) is 3. The van der Waals surface area contributed by atoms with Crippen molar-refractivity contribution in [3.63, 3.8) is 0 Å². The molecule has 0 saturated carbocycles. The van der Waals surface area contributed by atoms with Crippen LogP contribution in [0.2, 0.25) is 0 Å². The Kier molecular flexibility index (Phi) is 7.81. The number of rotatable bonds is 8. The first kappa shape index (κ1) is 23.7. The highest BCUT2D eigenvalue weighted by atomic mass is 19.4. The van der Waals surface area contributed by atoms with Gasteiger partial charge in [-0.2, -0.15) is 13.2 Å². The number of hydrogen-bond donors (Lipinski definition) is 2. The molecule has 3 rings (SSSR count). The third-order valence-corrected chi connectivity index (χ3v) is 5.31. The second kappa shape index (κ2) is 10.6. The van der Waals surface area contributed by atoms with Crippen LogP contribution >= 0.6 is 0 Å². The molecule has 10 heteroatoms. The van der Waals surface area contributed by atoms with Gasteiger partial charge in [-0.1, -0.05) is 12.1 Å². The molecule has 32 heavy (non-hydrogen) atoms. The number of piperazine rings is 1. The number of carbonyl (C=O) groups excluding carboxylic acids is 1. The van der Waals surface area contributed by atoms with Gasteiger partial charge in [0.05, 0.1) is 17.2 Å². The van der Waals surface area contributed by atoms with E-state index in [0.717, 1.165) is 37.5 Å². The highest BCUT2D eigenvalue weighted by Gasteiger charge is 2.31. The molecule has 1 aliphatic rings. The smallest absolute Gasteiger partial charge is 0.416 e. The minimum Gasteiger partial charge on any atom is -0.481 e. The van der Waals surface area contributed by atoms with E-state index >= 15 is 0 Å². The molecule has 0 radical (unpaired) electrons. The number of amides is 1. The molecule has 1 atom stereocenters. The maximum Gasteiger partial charge on any atom is 0.416 e. The lowest BCUT2D eigenvalue weighted by atomic mass is 10.0. The number of aliphatic carboxylic acids is 1. The van der Waals surface area contributed by atoms with Crippen molar-refractivity contribution in [2.75, 3.05) is 38.0 Å². The maximum absolute atomic E-state index is 12.8. The molecule has 1 amide bonds. The van der Waals surface area contributed by atoms with Gasteiger partial charge in [0.15, 0.2) is 0 Å². The number of nitrogens with one attached hydrogen (secondary N) is 1. The summed E-state index contributed by atoms with van der Waals surface area (Å²) < 4.78 is 38.5. The summed E-state index contributed by atoms with van der Waals surface area (Å²) in [5.41, 5.74) is 0.0707. The van der Waals surface area contributed by atoms with Crippen molar-refractivity contribution in [3.8, 4) is 0 Å². The fourth-order valence-corrected chi connectivity index (χ4v) is 3.60. The Balaban J connectivity index is 1.49. The molecule has 0 unspecified atom stereocenters. The molecule has 1 aliphatic heterocycles. The van der Waals surface area contributed by atoms with Crippen molar-refractivity contribution in [1.29, 1.82) is 0 Å². The predicted molar refractivity (Wildman–Crippen MR) is 112 cm³/mol. The van der Waals surface area contributed by atoms with E-state index in [2.05, 4.69) is 15.2 Å². The van der Waals surface area contributed by atoms with Crippen LogP contribution in [0.25, 0.3) is 0 Å². The highest BCUT2D eigenvalue weighted by Crippen LogP contribution is 2.30. The first-order chi connectivity index (χ1) is 15.2. The number of benzene rings is 1. The molecule has 0 spiro atoms. The van der Waals surface area contributed by atoms with Crippen molar-refractivity contribution in [2.45, 2.75) is 19.1 Å². The average molecular weight is 450 g/mol. The summed E-state index contributed by atoms with van der Waals surface area (Å²) in [5, 5.41) is 11.9. The zero-order chi connectivity index (χ0) is 23.1. The summed E-state index contributed by atoms with van der Waals surface area (Å²) in [5.74, 6) is -2.70. The maximum atomic E-state index is 12.8. The minimum absolute atomic E-state index is 0.0166. The molecule has 2 heterocycles. The molecule has 7 nitrogen and oxygen atoms in total. The van der Waals surface area contributed by atoms with Crippen molar-refractivity contribution in [1.82, 2.24) is 14.8 Å². The number of anilines is 1. The lowest BCUT2D eigenvalue weighted by Gasteiger charge is -2.35. The van der Waals surface area contributed by atoms with Gasteiger partial charge in [0.25, 0.3) is 0 Å². The number of carboxylic acids is 1. The van der Waals surface area contributed by atoms with Crippen molar-refractivity contribution >= 4 is 17.6 Å². The Morgan fingerprint density at radius 1 is 1.06 bits per heavy atom. The third kappa shape index (κ3) is 7.03. The summed E-state index contributed by atoms with van der Waals surface area (Å²) in [6.45, 7) is 3.73. The number of alkyl halides is 3. The molecule has 172 valence electrons. The van der Waals surface area contributed by atoms with E-state index in [9.17, 15) is 27.9 Å². The standard InChI is InChI=1S/C22H25F3N4O3/c23-22(24,25)17-4-3-6-18(13-17)27-20(30)12-16(21(31)32)14-28-8-10-29(11-9-28)15-19-5-1-2-7-26-19/h1-7,13,16H,8-12,14-15H2,(H,27,30)(H,31,32)/t16-/m1/s1. The Labute approximate surface area is 183 Å². The Morgan fingerprint density at radius 3 is 2.41 bits per heavy atom. The number of halogens is 3. The van der Waals surface area contributed by atoms with Crippen LogP contribution in [0.15, 0.2) is 48.7 Å². The minimum atomic E-state index is -4.52. The largest absolute Gasteiger partial charge is 0.481 e. The molecule has 1 fully saturated rings. The van der Waals surface area contributed by atoms with E-state index in [1.807, 2.05) is 23.1 Å². The molecule has 2 aromatic rings. The fraction of sp³-hybridized carbons (Fsp3) is 0.409. The molecule has 0 aliphatic carbocycles. The summed E-state index contributed by atoms with van der Waals surface area (Å²) in [6.07, 6.45) is -3.10. The van der Waals surface area contributed by atoms with E-state index in [-0.39, 0.29) is 18.7 Å². The van der Waals surface area contributed by atoms with Crippen molar-refractivity contribution in [3.05, 3.63) is 59.9 Å². The first-order valence-corrected chi connectivity index (χ1v) is 10.3. The Morgan fingerprint density at radius 2 is 1.78 bits per heavy atom. The summed E-state index contributed by atoms with van der Waals surface area (Å²) in [7, 11) is 0. The lowest BCUT2D eigenvalue weighted by Crippen LogP contribution is -2.48. The normalized spacial score (nSPS) is 16.5. The van der Waals surface area contributed by atoms with Crippen LogP contribution in [0.1, 0.15) is 17.7 Å². The van der Waals surface area contributed by atoms with Crippen LogP contribution in [-0.2, 0) is 22.3 Å². The van der Waals surface area contributed by atoms with E-state index in [1.165, 1.54) is 12.1 Å². The van der Waals surface area contributed by atoms with Gasteiger partial charge >= 0.3 is 12.1 Å². The zero-order valence-corrected chi connectivity index (χ0v) is 17.4. The summed E-state index contributed by atoms with van der Waals surface area (Å²) >= 11 is 0. The second-order valence-electron chi connectivity index (χ2n) is 7.76. The fourth-order valence-electron chi connectivity index (χ4n) is 3.60. The molecular weight excluding hydrogens is 425 g/mol. The zero-order valence-electron chi connectivity index (χ0n) is 17.4. The van der Waals surface area contributed by atoms with Gasteiger partial charge in [-0.05, 0) is 30.3 Å². The van der Waals surface area contributed by atoms with Gasteiger partial charge in [0.2, 0.25) is 5.91 Å². The molecule has 1 aromatic carbocycles. The summed E-state index contributed by atoms with van der Waals surface area (Å²) in [6, 6.07) is 10.0. The van der Waals surface area contributed by atoms with Crippen LogP contribution in [-0.4, -0.2) is 64.5 Å². The van der Waals surface area contributed by atoms with Gasteiger partial charge in [0, 0.05) is 57.6 Å². The number of hydrogen-bond acceptors (Lipinski definition) is 5. The predicted octanol–water partition coefficient (Wildman–Crippen LogP) is 2.95. The van der Waals surface area contributed by atoms with E-state index in [4.69, 9.17) is 0 Å².